The number of esters is 1. The highest BCUT2D eigenvalue weighted by molar-refractivity contribution is 6.06. The Labute approximate surface area is 240 Å². The second-order valence-corrected chi connectivity index (χ2v) is 10.6. The summed E-state index contributed by atoms with van der Waals surface area (Å²) in [6, 6.07) is 15.7. The van der Waals surface area contributed by atoms with E-state index in [0.717, 1.165) is 58.7 Å². The summed E-state index contributed by atoms with van der Waals surface area (Å²) in [6.07, 6.45) is 5.03. The van der Waals surface area contributed by atoms with Crippen molar-refractivity contribution < 1.29 is 19.1 Å². The van der Waals surface area contributed by atoms with Gasteiger partial charge in [-0.15, -0.1) is 0 Å². The summed E-state index contributed by atoms with van der Waals surface area (Å²) in [5, 5.41) is 3.66. The lowest BCUT2D eigenvalue weighted by Gasteiger charge is -2.15. The van der Waals surface area contributed by atoms with Crippen molar-refractivity contribution >= 4 is 28.6 Å². The number of carbonyl (C=O) groups excluding carboxylic acids is 2. The van der Waals surface area contributed by atoms with Crippen molar-refractivity contribution in [1.29, 1.82) is 0 Å². The van der Waals surface area contributed by atoms with Crippen molar-refractivity contribution in [2.45, 2.75) is 39.7 Å². The molecule has 1 aliphatic heterocycles. The molecule has 2 aromatic carbocycles. The van der Waals surface area contributed by atoms with Crippen LogP contribution in [-0.4, -0.2) is 59.1 Å². The number of aromatic nitrogens is 2. The highest BCUT2D eigenvalue weighted by Gasteiger charge is 2.20. The molecule has 5 rings (SSSR count). The number of fused-ring (bicyclic) bond motifs is 1. The SMILES string of the molecule is C=CC(=O)Nc1cc(-c2c(-c3cccc(OCCN4CCCC4)c3)[nH]c3ncc(C(=O)OC(C)C)cc23)ccc1C. The highest BCUT2D eigenvalue weighted by Crippen LogP contribution is 2.40. The van der Waals surface area contributed by atoms with Crippen LogP contribution in [0.1, 0.15) is 42.6 Å². The van der Waals surface area contributed by atoms with Crippen LogP contribution in [0.3, 0.4) is 0 Å². The number of anilines is 1. The van der Waals surface area contributed by atoms with Crippen molar-refractivity contribution in [3.8, 4) is 28.1 Å². The standard InChI is InChI=1S/C33H36N4O4/c1-5-29(38)35-28-19-23(12-11-22(28)4)30-27-18-25(33(39)41-21(2)3)20-34-32(27)36-31(30)24-9-8-10-26(17-24)40-16-15-37-13-6-7-14-37/h5,8-12,17-21H,1,6-7,13-16H2,2-4H3,(H,34,36)(H,35,38). The first-order valence-corrected chi connectivity index (χ1v) is 14.0. The van der Waals surface area contributed by atoms with Crippen LogP contribution in [0.2, 0.25) is 0 Å². The number of amides is 1. The zero-order valence-corrected chi connectivity index (χ0v) is 23.8. The number of pyridine rings is 1. The average molecular weight is 553 g/mol. The van der Waals surface area contributed by atoms with Crippen molar-refractivity contribution in [1.82, 2.24) is 14.9 Å². The van der Waals surface area contributed by atoms with Gasteiger partial charge in [-0.25, -0.2) is 9.78 Å². The first-order chi connectivity index (χ1) is 19.8. The molecule has 0 bridgehead atoms. The Morgan fingerprint density at radius 2 is 1.93 bits per heavy atom. The molecular formula is C33H36N4O4. The van der Waals surface area contributed by atoms with E-state index in [9.17, 15) is 9.59 Å². The van der Waals surface area contributed by atoms with Crippen molar-refractivity contribution in [2.24, 2.45) is 0 Å². The Hall–Kier alpha value is -4.43. The number of ether oxygens (including phenoxy) is 2. The van der Waals surface area contributed by atoms with E-state index >= 15 is 0 Å². The van der Waals surface area contributed by atoms with E-state index in [1.807, 2.05) is 63.2 Å². The molecule has 1 aliphatic rings. The third kappa shape index (κ3) is 6.49. The molecule has 1 amide bonds. The summed E-state index contributed by atoms with van der Waals surface area (Å²) in [6.45, 7) is 12.9. The van der Waals surface area contributed by atoms with E-state index in [2.05, 4.69) is 26.8 Å². The Morgan fingerprint density at radius 1 is 1.12 bits per heavy atom. The van der Waals surface area contributed by atoms with Gasteiger partial charge >= 0.3 is 5.97 Å². The van der Waals surface area contributed by atoms with Gasteiger partial charge in [-0.3, -0.25) is 9.69 Å². The van der Waals surface area contributed by atoms with Gasteiger partial charge in [-0.1, -0.05) is 30.8 Å². The van der Waals surface area contributed by atoms with Gasteiger partial charge in [0.15, 0.2) is 0 Å². The fourth-order valence-electron chi connectivity index (χ4n) is 5.12. The fraction of sp³-hybridized carbons (Fsp3) is 0.303. The second kappa shape index (κ2) is 12.4. The van der Waals surface area contributed by atoms with Crippen LogP contribution < -0.4 is 10.1 Å². The maximum absolute atomic E-state index is 12.8. The van der Waals surface area contributed by atoms with E-state index in [0.29, 0.717) is 23.5 Å². The average Bonchev–Trinajstić information content (AvgIpc) is 3.62. The number of benzene rings is 2. The molecule has 0 saturated carbocycles. The summed E-state index contributed by atoms with van der Waals surface area (Å²) in [5.41, 5.74) is 6.05. The van der Waals surface area contributed by atoms with E-state index < -0.39 is 5.97 Å². The van der Waals surface area contributed by atoms with Gasteiger partial charge in [0.25, 0.3) is 0 Å². The number of H-pyrrole nitrogens is 1. The number of carbonyl (C=O) groups is 2. The van der Waals surface area contributed by atoms with E-state index in [-0.39, 0.29) is 12.0 Å². The quantitative estimate of drug-likeness (QED) is 0.175. The van der Waals surface area contributed by atoms with E-state index in [1.54, 1.807) is 6.07 Å². The minimum atomic E-state index is -0.431. The molecule has 2 aromatic heterocycles. The lowest BCUT2D eigenvalue weighted by molar-refractivity contribution is -0.111. The Balaban J connectivity index is 1.58. The number of hydrogen-bond acceptors (Lipinski definition) is 6. The molecule has 0 atom stereocenters. The van der Waals surface area contributed by atoms with Crippen LogP contribution in [0.5, 0.6) is 5.75 Å². The van der Waals surface area contributed by atoms with Gasteiger partial charge < -0.3 is 19.8 Å². The van der Waals surface area contributed by atoms with Gasteiger partial charge in [0.2, 0.25) is 5.91 Å². The largest absolute Gasteiger partial charge is 0.492 e. The molecule has 0 radical (unpaired) electrons. The molecule has 8 nitrogen and oxygen atoms in total. The molecule has 0 aliphatic carbocycles. The molecule has 1 saturated heterocycles. The van der Waals surface area contributed by atoms with Crippen molar-refractivity contribution in [3.63, 3.8) is 0 Å². The molecule has 2 N–H and O–H groups in total. The van der Waals surface area contributed by atoms with Crippen molar-refractivity contribution in [3.05, 3.63) is 78.5 Å². The number of nitrogens with zero attached hydrogens (tertiary/aromatic N) is 2. The smallest absolute Gasteiger partial charge is 0.339 e. The van der Waals surface area contributed by atoms with Crippen LogP contribution >= 0.6 is 0 Å². The van der Waals surface area contributed by atoms with Crippen LogP contribution in [0.4, 0.5) is 5.69 Å². The summed E-state index contributed by atoms with van der Waals surface area (Å²) >= 11 is 0. The Morgan fingerprint density at radius 3 is 2.68 bits per heavy atom. The van der Waals surface area contributed by atoms with Crippen LogP contribution in [-0.2, 0) is 9.53 Å². The summed E-state index contributed by atoms with van der Waals surface area (Å²) in [5.74, 6) is 0.0613. The topological polar surface area (TPSA) is 96.5 Å². The van der Waals surface area contributed by atoms with Gasteiger partial charge in [-0.2, -0.15) is 0 Å². The minimum absolute atomic E-state index is 0.249. The fourth-order valence-corrected chi connectivity index (χ4v) is 5.12. The van der Waals surface area contributed by atoms with Gasteiger partial charge in [0.05, 0.1) is 17.4 Å². The number of rotatable bonds is 10. The number of aryl methyl sites for hydroxylation is 1. The maximum atomic E-state index is 12.8. The van der Waals surface area contributed by atoms with Gasteiger partial charge in [0.1, 0.15) is 18.0 Å². The zero-order valence-electron chi connectivity index (χ0n) is 23.8. The van der Waals surface area contributed by atoms with Crippen LogP contribution in [0.15, 0.2) is 67.4 Å². The molecule has 3 heterocycles. The Kier molecular flexibility index (Phi) is 8.50. The number of aromatic amines is 1. The third-order valence-corrected chi connectivity index (χ3v) is 7.20. The third-order valence-electron chi connectivity index (χ3n) is 7.20. The lowest BCUT2D eigenvalue weighted by atomic mass is 9.96. The van der Waals surface area contributed by atoms with Crippen molar-refractivity contribution in [2.75, 3.05) is 31.6 Å². The maximum Gasteiger partial charge on any atom is 0.339 e. The first-order valence-electron chi connectivity index (χ1n) is 14.0. The molecule has 41 heavy (non-hydrogen) atoms. The molecular weight excluding hydrogens is 516 g/mol. The highest BCUT2D eigenvalue weighted by atomic mass is 16.5. The molecule has 4 aromatic rings. The zero-order chi connectivity index (χ0) is 28.9. The minimum Gasteiger partial charge on any atom is -0.492 e. The first kappa shape index (κ1) is 28.1. The van der Waals surface area contributed by atoms with Crippen LogP contribution in [0.25, 0.3) is 33.4 Å². The number of likely N-dealkylation sites (tertiary alicyclic amines) is 1. The summed E-state index contributed by atoms with van der Waals surface area (Å²) in [4.78, 5) is 35.4. The second-order valence-electron chi connectivity index (χ2n) is 10.6. The predicted octanol–water partition coefficient (Wildman–Crippen LogP) is 6.37. The van der Waals surface area contributed by atoms with E-state index in [4.69, 9.17) is 9.47 Å². The van der Waals surface area contributed by atoms with Gasteiger partial charge in [0, 0.05) is 34.9 Å². The monoisotopic (exact) mass is 552 g/mol. The predicted molar refractivity (Wildman–Crippen MR) is 162 cm³/mol. The molecule has 8 heteroatoms. The number of nitrogens with one attached hydrogen (secondary N) is 2. The van der Waals surface area contributed by atoms with Crippen LogP contribution in [0, 0.1) is 6.92 Å². The lowest BCUT2D eigenvalue weighted by Crippen LogP contribution is -2.25. The Bertz CT molecular complexity index is 1580. The molecule has 212 valence electrons. The normalized spacial score (nSPS) is 13.5. The summed E-state index contributed by atoms with van der Waals surface area (Å²) < 4.78 is 11.6. The molecule has 0 unspecified atom stereocenters. The molecule has 0 spiro atoms. The van der Waals surface area contributed by atoms with E-state index in [1.165, 1.54) is 25.1 Å². The molecule has 1 fully saturated rings. The number of hydrogen-bond donors (Lipinski definition) is 2. The van der Waals surface area contributed by atoms with Gasteiger partial charge in [-0.05, 0) is 88.2 Å². The summed E-state index contributed by atoms with van der Waals surface area (Å²) in [7, 11) is 0.